The number of unbranched alkanes of at least 4 members (excludes halogenated alkanes) is 1. The Morgan fingerprint density at radius 2 is 2.00 bits per heavy atom. The van der Waals surface area contributed by atoms with Gasteiger partial charge in [-0.25, -0.2) is 0 Å². The van der Waals surface area contributed by atoms with Gasteiger partial charge in [-0.3, -0.25) is 9.59 Å². The summed E-state index contributed by atoms with van der Waals surface area (Å²) in [5, 5.41) is 4.99. The van der Waals surface area contributed by atoms with Crippen molar-refractivity contribution in [3.63, 3.8) is 0 Å². The van der Waals surface area contributed by atoms with Crippen molar-refractivity contribution in [3.05, 3.63) is 0 Å². The molecule has 0 rings (SSSR count). The number of aldehydes is 1. The standard InChI is InChI=1S/C11H21N3O3/c1-3-4-5-9(7-15)14-11(17)8(2)13-10(16)6-12/h7-9H,3-6,12H2,1-2H3,(H,13,16)(H,14,17)/t8-,9-/m0/s1. The Hall–Kier alpha value is -1.43. The van der Waals surface area contributed by atoms with E-state index in [0.29, 0.717) is 12.7 Å². The lowest BCUT2D eigenvalue weighted by Gasteiger charge is -2.17. The highest BCUT2D eigenvalue weighted by Crippen LogP contribution is 1.98. The summed E-state index contributed by atoms with van der Waals surface area (Å²) in [4.78, 5) is 33.3. The van der Waals surface area contributed by atoms with Crippen LogP contribution < -0.4 is 16.4 Å². The molecule has 0 aliphatic rings. The van der Waals surface area contributed by atoms with Crippen LogP contribution in [0.1, 0.15) is 33.1 Å². The number of nitrogens with two attached hydrogens (primary N) is 1. The summed E-state index contributed by atoms with van der Waals surface area (Å²) in [6.45, 7) is 3.39. The highest BCUT2D eigenvalue weighted by atomic mass is 16.2. The zero-order valence-electron chi connectivity index (χ0n) is 10.4. The normalized spacial score (nSPS) is 13.6. The number of carbonyl (C=O) groups is 3. The molecule has 0 radical (unpaired) electrons. The zero-order chi connectivity index (χ0) is 13.3. The average molecular weight is 243 g/mol. The molecule has 0 saturated carbocycles. The molecule has 98 valence electrons. The topological polar surface area (TPSA) is 101 Å². The van der Waals surface area contributed by atoms with Crippen LogP contribution in [-0.2, 0) is 14.4 Å². The van der Waals surface area contributed by atoms with Gasteiger partial charge in [0, 0.05) is 0 Å². The van der Waals surface area contributed by atoms with Gasteiger partial charge >= 0.3 is 0 Å². The minimum atomic E-state index is -0.685. The van der Waals surface area contributed by atoms with Gasteiger partial charge in [0.25, 0.3) is 0 Å². The van der Waals surface area contributed by atoms with E-state index in [1.165, 1.54) is 0 Å². The molecule has 17 heavy (non-hydrogen) atoms. The van der Waals surface area contributed by atoms with Crippen LogP contribution in [0.25, 0.3) is 0 Å². The van der Waals surface area contributed by atoms with Crippen molar-refractivity contribution in [2.24, 2.45) is 5.73 Å². The van der Waals surface area contributed by atoms with Crippen LogP contribution in [0.4, 0.5) is 0 Å². The van der Waals surface area contributed by atoms with E-state index in [0.717, 1.165) is 12.8 Å². The number of rotatable bonds is 8. The van der Waals surface area contributed by atoms with Crippen LogP contribution >= 0.6 is 0 Å². The van der Waals surface area contributed by atoms with Crippen LogP contribution in [-0.4, -0.2) is 36.7 Å². The number of hydrogen-bond acceptors (Lipinski definition) is 4. The molecule has 2 amide bonds. The lowest BCUT2D eigenvalue weighted by Crippen LogP contribution is -2.49. The molecular formula is C11H21N3O3. The molecule has 0 aromatic carbocycles. The Kier molecular flexibility index (Phi) is 7.96. The molecule has 0 bridgehead atoms. The minimum Gasteiger partial charge on any atom is -0.345 e. The van der Waals surface area contributed by atoms with Gasteiger partial charge in [0.2, 0.25) is 11.8 Å². The van der Waals surface area contributed by atoms with Crippen molar-refractivity contribution in [3.8, 4) is 0 Å². The van der Waals surface area contributed by atoms with Crippen LogP contribution in [0, 0.1) is 0 Å². The lowest BCUT2D eigenvalue weighted by atomic mass is 10.1. The molecule has 2 atom stereocenters. The first-order valence-corrected chi connectivity index (χ1v) is 5.80. The first kappa shape index (κ1) is 15.6. The fourth-order valence-corrected chi connectivity index (χ4v) is 1.27. The molecule has 0 heterocycles. The summed E-state index contributed by atoms with van der Waals surface area (Å²) in [5.74, 6) is -0.774. The fourth-order valence-electron chi connectivity index (χ4n) is 1.27. The third-order valence-electron chi connectivity index (χ3n) is 2.32. The molecule has 0 aromatic heterocycles. The highest BCUT2D eigenvalue weighted by Gasteiger charge is 2.18. The lowest BCUT2D eigenvalue weighted by molar-refractivity contribution is -0.129. The number of amides is 2. The fraction of sp³-hybridized carbons (Fsp3) is 0.727. The number of carbonyl (C=O) groups excluding carboxylic acids is 3. The van der Waals surface area contributed by atoms with Gasteiger partial charge in [-0.05, 0) is 13.3 Å². The first-order chi connectivity index (χ1) is 8.04. The molecule has 0 fully saturated rings. The Morgan fingerprint density at radius 3 is 2.47 bits per heavy atom. The molecule has 0 aromatic rings. The summed E-state index contributed by atoms with van der Waals surface area (Å²) >= 11 is 0. The average Bonchev–Trinajstić information content (AvgIpc) is 2.33. The molecule has 4 N–H and O–H groups in total. The largest absolute Gasteiger partial charge is 0.345 e. The maximum Gasteiger partial charge on any atom is 0.242 e. The van der Waals surface area contributed by atoms with E-state index in [1.54, 1.807) is 6.92 Å². The maximum absolute atomic E-state index is 11.6. The van der Waals surface area contributed by atoms with Crippen molar-refractivity contribution >= 4 is 18.1 Å². The summed E-state index contributed by atoms with van der Waals surface area (Å²) in [7, 11) is 0. The van der Waals surface area contributed by atoms with Crippen molar-refractivity contribution < 1.29 is 14.4 Å². The van der Waals surface area contributed by atoms with Gasteiger partial charge in [0.15, 0.2) is 0 Å². The summed E-state index contributed by atoms with van der Waals surface area (Å²) in [6, 6.07) is -1.17. The Bertz CT molecular complexity index is 269. The molecule has 0 aliphatic carbocycles. The third kappa shape index (κ3) is 6.68. The van der Waals surface area contributed by atoms with E-state index in [4.69, 9.17) is 5.73 Å². The Morgan fingerprint density at radius 1 is 1.35 bits per heavy atom. The second kappa shape index (κ2) is 8.69. The zero-order valence-corrected chi connectivity index (χ0v) is 10.4. The first-order valence-electron chi connectivity index (χ1n) is 5.80. The highest BCUT2D eigenvalue weighted by molar-refractivity contribution is 5.89. The van der Waals surface area contributed by atoms with Gasteiger partial charge in [0.05, 0.1) is 12.6 Å². The van der Waals surface area contributed by atoms with Gasteiger partial charge in [-0.1, -0.05) is 19.8 Å². The van der Waals surface area contributed by atoms with Crippen LogP contribution in [0.15, 0.2) is 0 Å². The molecule has 0 aliphatic heterocycles. The number of nitrogens with one attached hydrogen (secondary N) is 2. The van der Waals surface area contributed by atoms with Gasteiger partial charge in [-0.2, -0.15) is 0 Å². The second-order valence-electron chi connectivity index (χ2n) is 3.89. The summed E-state index contributed by atoms with van der Waals surface area (Å²) < 4.78 is 0. The van der Waals surface area contributed by atoms with Crippen molar-refractivity contribution in [2.75, 3.05) is 6.54 Å². The van der Waals surface area contributed by atoms with E-state index in [9.17, 15) is 14.4 Å². The van der Waals surface area contributed by atoms with E-state index in [2.05, 4.69) is 10.6 Å². The molecule has 0 saturated heterocycles. The van der Waals surface area contributed by atoms with E-state index < -0.39 is 18.0 Å². The van der Waals surface area contributed by atoms with Crippen molar-refractivity contribution in [2.45, 2.75) is 45.2 Å². The van der Waals surface area contributed by atoms with Crippen molar-refractivity contribution in [1.29, 1.82) is 0 Å². The molecule has 6 nitrogen and oxygen atoms in total. The predicted molar refractivity (Wildman–Crippen MR) is 64.2 cm³/mol. The van der Waals surface area contributed by atoms with Crippen LogP contribution in [0.3, 0.4) is 0 Å². The van der Waals surface area contributed by atoms with Gasteiger partial charge in [0.1, 0.15) is 12.3 Å². The molecular weight excluding hydrogens is 222 g/mol. The molecule has 6 heteroatoms. The molecule has 0 spiro atoms. The molecule has 0 unspecified atom stereocenters. The maximum atomic E-state index is 11.6. The van der Waals surface area contributed by atoms with Crippen LogP contribution in [0.5, 0.6) is 0 Å². The Balaban J connectivity index is 4.11. The number of hydrogen-bond donors (Lipinski definition) is 3. The summed E-state index contributed by atoms with van der Waals surface area (Å²) in [5.41, 5.74) is 5.11. The Labute approximate surface area is 101 Å². The van der Waals surface area contributed by atoms with E-state index in [-0.39, 0.29) is 12.5 Å². The van der Waals surface area contributed by atoms with E-state index >= 15 is 0 Å². The SMILES string of the molecule is CCCC[C@@H](C=O)NC(=O)[C@H](C)NC(=O)CN. The van der Waals surface area contributed by atoms with Gasteiger partial charge < -0.3 is 21.2 Å². The smallest absolute Gasteiger partial charge is 0.242 e. The third-order valence-corrected chi connectivity index (χ3v) is 2.32. The van der Waals surface area contributed by atoms with Crippen molar-refractivity contribution in [1.82, 2.24) is 10.6 Å². The quantitative estimate of drug-likeness (QED) is 0.492. The van der Waals surface area contributed by atoms with E-state index in [1.807, 2.05) is 6.92 Å². The second-order valence-corrected chi connectivity index (χ2v) is 3.89. The van der Waals surface area contributed by atoms with Crippen LogP contribution in [0.2, 0.25) is 0 Å². The minimum absolute atomic E-state index is 0.162. The van der Waals surface area contributed by atoms with Gasteiger partial charge in [-0.15, -0.1) is 0 Å². The summed E-state index contributed by atoms with van der Waals surface area (Å²) in [6.07, 6.45) is 3.15. The monoisotopic (exact) mass is 243 g/mol. The predicted octanol–water partition coefficient (Wildman–Crippen LogP) is -0.676.